The number of ether oxygens (including phenoxy) is 1. The van der Waals surface area contributed by atoms with Gasteiger partial charge in [-0.15, -0.1) is 0 Å². The highest BCUT2D eigenvalue weighted by atomic mass is 19.1. The van der Waals surface area contributed by atoms with Crippen LogP contribution in [0.5, 0.6) is 5.75 Å². The first-order valence-electron chi connectivity index (χ1n) is 6.81. The summed E-state index contributed by atoms with van der Waals surface area (Å²) in [5.41, 5.74) is 3.60. The van der Waals surface area contributed by atoms with Crippen molar-refractivity contribution in [2.45, 2.75) is 27.2 Å². The maximum absolute atomic E-state index is 13.6. The van der Waals surface area contributed by atoms with E-state index in [1.807, 2.05) is 19.1 Å². The summed E-state index contributed by atoms with van der Waals surface area (Å²) in [7, 11) is 0. The Morgan fingerprint density at radius 2 is 2.15 bits per heavy atom. The van der Waals surface area contributed by atoms with E-state index in [2.05, 4.69) is 19.3 Å². The first-order chi connectivity index (χ1) is 9.56. The Morgan fingerprint density at radius 1 is 1.45 bits per heavy atom. The fourth-order valence-corrected chi connectivity index (χ4v) is 1.62. The molecule has 0 fully saturated rings. The standard InChI is InChI=1S/C16H23FN2O/c1-4-12(2)9-14(10-13(3)11-19-18)20-16-8-6-5-7-15(16)17/h5-10,12,19H,4,11,18H2,1-3H3/b13-10-,14-9+. The predicted octanol–water partition coefficient (Wildman–Crippen LogP) is 3.54. The van der Waals surface area contributed by atoms with Gasteiger partial charge in [-0.1, -0.05) is 31.6 Å². The van der Waals surface area contributed by atoms with E-state index < -0.39 is 0 Å². The van der Waals surface area contributed by atoms with Crippen molar-refractivity contribution in [1.82, 2.24) is 5.43 Å². The second-order valence-electron chi connectivity index (χ2n) is 4.86. The molecule has 1 atom stereocenters. The van der Waals surface area contributed by atoms with E-state index in [0.717, 1.165) is 12.0 Å². The Morgan fingerprint density at radius 3 is 2.75 bits per heavy atom. The number of hydrazine groups is 1. The molecule has 0 aliphatic carbocycles. The van der Waals surface area contributed by atoms with Crippen LogP contribution < -0.4 is 16.0 Å². The number of halogens is 1. The number of nitrogens with two attached hydrogens (primary N) is 1. The summed E-state index contributed by atoms with van der Waals surface area (Å²) in [5.74, 6) is 6.15. The first-order valence-corrected chi connectivity index (χ1v) is 6.81. The highest BCUT2D eigenvalue weighted by Crippen LogP contribution is 2.21. The van der Waals surface area contributed by atoms with Crippen molar-refractivity contribution >= 4 is 0 Å². The zero-order chi connectivity index (χ0) is 15.0. The van der Waals surface area contributed by atoms with Gasteiger partial charge in [0, 0.05) is 6.54 Å². The third kappa shape index (κ3) is 5.55. The summed E-state index contributed by atoms with van der Waals surface area (Å²) >= 11 is 0. The quantitative estimate of drug-likeness (QED) is 0.347. The maximum atomic E-state index is 13.6. The van der Waals surface area contributed by atoms with Crippen LogP contribution >= 0.6 is 0 Å². The Labute approximate surface area is 120 Å². The normalized spacial score (nSPS) is 14.2. The zero-order valence-corrected chi connectivity index (χ0v) is 12.3. The molecule has 110 valence electrons. The minimum Gasteiger partial charge on any atom is -0.455 e. The summed E-state index contributed by atoms with van der Waals surface area (Å²) < 4.78 is 19.3. The topological polar surface area (TPSA) is 47.3 Å². The number of hydrogen-bond acceptors (Lipinski definition) is 3. The molecule has 20 heavy (non-hydrogen) atoms. The molecule has 3 nitrogen and oxygen atoms in total. The minimum absolute atomic E-state index is 0.229. The van der Waals surface area contributed by atoms with Gasteiger partial charge in [0.2, 0.25) is 0 Å². The van der Waals surface area contributed by atoms with E-state index >= 15 is 0 Å². The zero-order valence-electron chi connectivity index (χ0n) is 12.3. The molecule has 0 aliphatic rings. The Bertz CT molecular complexity index is 483. The van der Waals surface area contributed by atoms with Crippen molar-refractivity contribution in [2.24, 2.45) is 11.8 Å². The van der Waals surface area contributed by atoms with Gasteiger partial charge in [0.1, 0.15) is 5.76 Å². The van der Waals surface area contributed by atoms with Gasteiger partial charge in [-0.05, 0) is 43.5 Å². The maximum Gasteiger partial charge on any atom is 0.165 e. The van der Waals surface area contributed by atoms with Crippen molar-refractivity contribution < 1.29 is 9.13 Å². The van der Waals surface area contributed by atoms with Gasteiger partial charge in [0.25, 0.3) is 0 Å². The first kappa shape index (κ1) is 16.4. The van der Waals surface area contributed by atoms with Crippen LogP contribution in [-0.4, -0.2) is 6.54 Å². The van der Waals surface area contributed by atoms with E-state index in [0.29, 0.717) is 18.2 Å². The lowest BCUT2D eigenvalue weighted by atomic mass is 10.1. The lowest BCUT2D eigenvalue weighted by Gasteiger charge is -2.11. The van der Waals surface area contributed by atoms with E-state index in [1.165, 1.54) is 6.07 Å². The number of allylic oxidation sites excluding steroid dienone is 2. The number of hydrogen-bond donors (Lipinski definition) is 2. The number of benzene rings is 1. The highest BCUT2D eigenvalue weighted by molar-refractivity contribution is 5.29. The summed E-state index contributed by atoms with van der Waals surface area (Å²) in [4.78, 5) is 0. The van der Waals surface area contributed by atoms with Crippen LogP contribution in [0.2, 0.25) is 0 Å². The summed E-state index contributed by atoms with van der Waals surface area (Å²) in [6, 6.07) is 6.38. The van der Waals surface area contributed by atoms with Crippen LogP contribution in [0, 0.1) is 11.7 Å². The Balaban J connectivity index is 2.97. The monoisotopic (exact) mass is 278 g/mol. The molecule has 0 bridgehead atoms. The van der Waals surface area contributed by atoms with Crippen LogP contribution in [0.25, 0.3) is 0 Å². The van der Waals surface area contributed by atoms with Gasteiger partial charge in [-0.2, -0.15) is 0 Å². The SMILES string of the molecule is CCC(C)/C=C(\C=C(\C)CNN)Oc1ccccc1F. The summed E-state index contributed by atoms with van der Waals surface area (Å²) in [5, 5.41) is 0. The molecule has 0 saturated heterocycles. The molecule has 0 aromatic heterocycles. The van der Waals surface area contributed by atoms with Gasteiger partial charge in [-0.25, -0.2) is 4.39 Å². The van der Waals surface area contributed by atoms with Gasteiger partial charge in [-0.3, -0.25) is 11.3 Å². The van der Waals surface area contributed by atoms with Crippen LogP contribution in [0.4, 0.5) is 4.39 Å². The Hall–Kier alpha value is -1.65. The van der Waals surface area contributed by atoms with Crippen LogP contribution in [-0.2, 0) is 0 Å². The average molecular weight is 278 g/mol. The van der Waals surface area contributed by atoms with E-state index in [9.17, 15) is 4.39 Å². The molecular weight excluding hydrogens is 255 g/mol. The fraction of sp³-hybridized carbons (Fsp3) is 0.375. The number of rotatable bonds is 7. The molecule has 4 heteroatoms. The number of para-hydroxylation sites is 1. The molecule has 0 radical (unpaired) electrons. The molecule has 1 rings (SSSR count). The van der Waals surface area contributed by atoms with Crippen molar-refractivity contribution in [3.8, 4) is 5.75 Å². The summed E-state index contributed by atoms with van der Waals surface area (Å²) in [6.45, 7) is 6.68. The Kier molecular flexibility index (Phi) is 6.98. The van der Waals surface area contributed by atoms with Crippen LogP contribution in [0.15, 0.2) is 47.7 Å². The molecule has 0 heterocycles. The van der Waals surface area contributed by atoms with Gasteiger partial charge in [0.15, 0.2) is 11.6 Å². The van der Waals surface area contributed by atoms with E-state index in [-0.39, 0.29) is 11.6 Å². The smallest absolute Gasteiger partial charge is 0.165 e. The lowest BCUT2D eigenvalue weighted by Crippen LogP contribution is -2.23. The molecule has 0 spiro atoms. The van der Waals surface area contributed by atoms with Gasteiger partial charge in [0.05, 0.1) is 0 Å². The lowest BCUT2D eigenvalue weighted by molar-refractivity contribution is 0.405. The molecule has 3 N–H and O–H groups in total. The van der Waals surface area contributed by atoms with Crippen molar-refractivity contribution in [3.63, 3.8) is 0 Å². The molecule has 1 unspecified atom stereocenters. The minimum atomic E-state index is -0.370. The predicted molar refractivity (Wildman–Crippen MR) is 80.5 cm³/mol. The third-order valence-electron chi connectivity index (χ3n) is 2.93. The molecule has 0 saturated carbocycles. The molecule has 0 amide bonds. The highest BCUT2D eigenvalue weighted by Gasteiger charge is 2.06. The van der Waals surface area contributed by atoms with Crippen molar-refractivity contribution in [1.29, 1.82) is 0 Å². The molecule has 1 aromatic rings. The van der Waals surface area contributed by atoms with Gasteiger partial charge >= 0.3 is 0 Å². The second-order valence-corrected chi connectivity index (χ2v) is 4.86. The van der Waals surface area contributed by atoms with E-state index in [4.69, 9.17) is 10.6 Å². The number of nitrogens with one attached hydrogen (secondary N) is 1. The van der Waals surface area contributed by atoms with Crippen molar-refractivity contribution in [2.75, 3.05) is 6.54 Å². The largest absolute Gasteiger partial charge is 0.455 e. The molecule has 0 aliphatic heterocycles. The third-order valence-corrected chi connectivity index (χ3v) is 2.93. The average Bonchev–Trinajstić information content (AvgIpc) is 2.41. The fourth-order valence-electron chi connectivity index (χ4n) is 1.62. The van der Waals surface area contributed by atoms with Crippen LogP contribution in [0.3, 0.4) is 0 Å². The van der Waals surface area contributed by atoms with Crippen LogP contribution in [0.1, 0.15) is 27.2 Å². The van der Waals surface area contributed by atoms with E-state index in [1.54, 1.807) is 18.2 Å². The summed E-state index contributed by atoms with van der Waals surface area (Å²) in [6.07, 6.45) is 4.86. The second kappa shape index (κ2) is 8.51. The van der Waals surface area contributed by atoms with Crippen molar-refractivity contribution in [3.05, 3.63) is 53.6 Å². The molecular formula is C16H23FN2O. The van der Waals surface area contributed by atoms with Gasteiger partial charge < -0.3 is 4.74 Å². The molecule has 1 aromatic carbocycles.